The summed E-state index contributed by atoms with van der Waals surface area (Å²) in [6.07, 6.45) is 3.15. The molecule has 4 rings (SSSR count). The van der Waals surface area contributed by atoms with Gasteiger partial charge in [-0.1, -0.05) is 35.4 Å². The van der Waals surface area contributed by atoms with E-state index in [2.05, 4.69) is 4.90 Å². The van der Waals surface area contributed by atoms with Gasteiger partial charge in [0.25, 0.3) is 11.8 Å². The minimum Gasteiger partial charge on any atom is -0.495 e. The van der Waals surface area contributed by atoms with E-state index in [-0.39, 0.29) is 11.8 Å². The number of likely N-dealkylation sites (tertiary alicyclic amines) is 1. The van der Waals surface area contributed by atoms with Crippen molar-refractivity contribution < 1.29 is 14.3 Å². The second kappa shape index (κ2) is 8.15. The Hall–Kier alpha value is -2.79. The first-order valence-electron chi connectivity index (χ1n) is 10.2. The van der Waals surface area contributed by atoms with Crippen LogP contribution in [-0.2, 0) is 9.59 Å². The van der Waals surface area contributed by atoms with Crippen molar-refractivity contribution in [3.63, 3.8) is 0 Å². The van der Waals surface area contributed by atoms with Gasteiger partial charge in [0.05, 0.1) is 18.4 Å². The largest absolute Gasteiger partial charge is 0.495 e. The molecule has 2 aliphatic heterocycles. The zero-order valence-electron chi connectivity index (χ0n) is 17.5. The molecule has 5 nitrogen and oxygen atoms in total. The third-order valence-corrected chi connectivity index (χ3v) is 6.00. The molecule has 0 aliphatic carbocycles. The van der Waals surface area contributed by atoms with E-state index < -0.39 is 0 Å². The third-order valence-electron chi connectivity index (χ3n) is 5.76. The quantitative estimate of drug-likeness (QED) is 0.665. The summed E-state index contributed by atoms with van der Waals surface area (Å²) in [5.41, 5.74) is 4.19. The molecule has 1 saturated heterocycles. The summed E-state index contributed by atoms with van der Waals surface area (Å²) in [6, 6.07) is 10.9. The van der Waals surface area contributed by atoms with Crippen LogP contribution in [0.25, 0.3) is 5.57 Å². The van der Waals surface area contributed by atoms with Crippen molar-refractivity contribution in [1.29, 1.82) is 0 Å². The van der Waals surface area contributed by atoms with Crippen LogP contribution in [0.3, 0.4) is 0 Å². The summed E-state index contributed by atoms with van der Waals surface area (Å²) >= 11 is 6.20. The number of nitrogens with zero attached hydrogens (tertiary/aromatic N) is 2. The molecule has 0 atom stereocenters. The SMILES string of the molecule is COc1ccc(Cl)cc1N1C(=O)C(c2ccc(C)cc2C)=C(N2CCCCC2)C1=O. The predicted octanol–water partition coefficient (Wildman–Crippen LogP) is 4.74. The van der Waals surface area contributed by atoms with E-state index in [9.17, 15) is 9.59 Å². The van der Waals surface area contributed by atoms with Crippen LogP contribution in [0.2, 0.25) is 5.02 Å². The molecule has 0 N–H and O–H groups in total. The van der Waals surface area contributed by atoms with E-state index in [1.54, 1.807) is 18.2 Å². The number of hydrogen-bond donors (Lipinski definition) is 0. The van der Waals surface area contributed by atoms with Gasteiger partial charge < -0.3 is 9.64 Å². The Labute approximate surface area is 181 Å². The van der Waals surface area contributed by atoms with Crippen molar-refractivity contribution in [3.8, 4) is 5.75 Å². The van der Waals surface area contributed by atoms with Crippen LogP contribution in [-0.4, -0.2) is 36.9 Å². The van der Waals surface area contributed by atoms with Crippen LogP contribution in [0, 0.1) is 13.8 Å². The van der Waals surface area contributed by atoms with Crippen LogP contribution in [0.1, 0.15) is 36.0 Å². The summed E-state index contributed by atoms with van der Waals surface area (Å²) in [5, 5.41) is 0.436. The number of ether oxygens (including phenoxy) is 1. The Kier molecular flexibility index (Phi) is 5.56. The van der Waals surface area contributed by atoms with Crippen LogP contribution < -0.4 is 9.64 Å². The van der Waals surface area contributed by atoms with Gasteiger partial charge in [-0.05, 0) is 62.4 Å². The van der Waals surface area contributed by atoms with Gasteiger partial charge in [0.2, 0.25) is 0 Å². The molecule has 2 aromatic carbocycles. The van der Waals surface area contributed by atoms with Crippen molar-refractivity contribution in [2.45, 2.75) is 33.1 Å². The van der Waals surface area contributed by atoms with E-state index in [0.717, 1.165) is 49.0 Å². The van der Waals surface area contributed by atoms with E-state index in [0.29, 0.717) is 27.7 Å². The molecular weight excluding hydrogens is 400 g/mol. The first-order chi connectivity index (χ1) is 14.4. The normalized spacial score (nSPS) is 17.2. The number of anilines is 1. The standard InChI is InChI=1S/C24H25ClN2O3/c1-15-7-9-18(16(2)13-15)21-22(26-11-5-4-6-12-26)24(29)27(23(21)28)19-14-17(25)8-10-20(19)30-3/h7-10,13-14H,4-6,11-12H2,1-3H3. The summed E-state index contributed by atoms with van der Waals surface area (Å²) in [7, 11) is 1.52. The molecule has 0 spiro atoms. The molecule has 30 heavy (non-hydrogen) atoms. The lowest BCUT2D eigenvalue weighted by Crippen LogP contribution is -2.37. The Bertz CT molecular complexity index is 1050. The van der Waals surface area contributed by atoms with Crippen molar-refractivity contribution in [1.82, 2.24) is 4.90 Å². The molecule has 2 amide bonds. The summed E-state index contributed by atoms with van der Waals surface area (Å²) < 4.78 is 5.43. The number of hydrogen-bond acceptors (Lipinski definition) is 4. The molecule has 0 bridgehead atoms. The van der Waals surface area contributed by atoms with Gasteiger partial charge in [-0.25, -0.2) is 4.90 Å². The molecule has 2 aromatic rings. The summed E-state index contributed by atoms with van der Waals surface area (Å²) in [5.74, 6) is -0.230. The van der Waals surface area contributed by atoms with Crippen LogP contribution >= 0.6 is 11.6 Å². The number of halogens is 1. The number of aryl methyl sites for hydroxylation is 2. The van der Waals surface area contributed by atoms with E-state index >= 15 is 0 Å². The second-order valence-electron chi connectivity index (χ2n) is 7.85. The molecule has 0 radical (unpaired) electrons. The fourth-order valence-electron chi connectivity index (χ4n) is 4.32. The minimum absolute atomic E-state index is 0.322. The molecule has 1 fully saturated rings. The maximum absolute atomic E-state index is 13.7. The van der Waals surface area contributed by atoms with Crippen LogP contribution in [0.4, 0.5) is 5.69 Å². The molecule has 156 valence electrons. The summed E-state index contributed by atoms with van der Waals surface area (Å²) in [4.78, 5) is 30.6. The van der Waals surface area contributed by atoms with Crippen LogP contribution in [0.5, 0.6) is 5.75 Å². The number of imide groups is 1. The summed E-state index contributed by atoms with van der Waals surface area (Å²) in [6.45, 7) is 5.53. The lowest BCUT2D eigenvalue weighted by molar-refractivity contribution is -0.120. The zero-order valence-corrected chi connectivity index (χ0v) is 18.3. The zero-order chi connectivity index (χ0) is 21.4. The smallest absolute Gasteiger partial charge is 0.282 e. The second-order valence-corrected chi connectivity index (χ2v) is 8.29. The van der Waals surface area contributed by atoms with Crippen molar-refractivity contribution >= 4 is 34.7 Å². The molecule has 0 unspecified atom stereocenters. The Morgan fingerprint density at radius 3 is 2.33 bits per heavy atom. The highest BCUT2D eigenvalue weighted by Gasteiger charge is 2.44. The number of rotatable bonds is 4. The number of carbonyl (C=O) groups excluding carboxylic acids is 2. The molecular formula is C24H25ClN2O3. The van der Waals surface area contributed by atoms with Crippen molar-refractivity contribution in [3.05, 3.63) is 63.8 Å². The first-order valence-corrected chi connectivity index (χ1v) is 10.6. The van der Waals surface area contributed by atoms with E-state index in [1.165, 1.54) is 12.0 Å². The molecule has 0 saturated carbocycles. The Balaban J connectivity index is 1.89. The number of amides is 2. The average Bonchev–Trinajstić information content (AvgIpc) is 2.98. The predicted molar refractivity (Wildman–Crippen MR) is 119 cm³/mol. The number of carbonyl (C=O) groups is 2. The van der Waals surface area contributed by atoms with Crippen LogP contribution in [0.15, 0.2) is 42.1 Å². The van der Waals surface area contributed by atoms with Gasteiger partial charge in [-0.15, -0.1) is 0 Å². The minimum atomic E-state index is -0.340. The average molecular weight is 425 g/mol. The number of methoxy groups -OCH3 is 1. The van der Waals surface area contributed by atoms with E-state index in [4.69, 9.17) is 16.3 Å². The van der Waals surface area contributed by atoms with Gasteiger partial charge in [-0.2, -0.15) is 0 Å². The van der Waals surface area contributed by atoms with Gasteiger partial charge in [0, 0.05) is 18.1 Å². The topological polar surface area (TPSA) is 49.9 Å². The Morgan fingerprint density at radius 1 is 0.933 bits per heavy atom. The highest BCUT2D eigenvalue weighted by atomic mass is 35.5. The molecule has 0 aromatic heterocycles. The Morgan fingerprint density at radius 2 is 1.67 bits per heavy atom. The molecule has 2 heterocycles. The highest BCUT2D eigenvalue weighted by molar-refractivity contribution is 6.46. The maximum Gasteiger partial charge on any atom is 0.282 e. The van der Waals surface area contributed by atoms with Gasteiger partial charge in [-0.3, -0.25) is 9.59 Å². The van der Waals surface area contributed by atoms with Gasteiger partial charge in [0.15, 0.2) is 0 Å². The number of piperidine rings is 1. The van der Waals surface area contributed by atoms with Crippen molar-refractivity contribution in [2.24, 2.45) is 0 Å². The third kappa shape index (κ3) is 3.47. The first kappa shape index (κ1) is 20.5. The molecule has 6 heteroatoms. The fourth-order valence-corrected chi connectivity index (χ4v) is 4.49. The number of benzene rings is 2. The molecule has 2 aliphatic rings. The van der Waals surface area contributed by atoms with E-state index in [1.807, 2.05) is 32.0 Å². The lowest BCUT2D eigenvalue weighted by atomic mass is 9.96. The van der Waals surface area contributed by atoms with Gasteiger partial charge >= 0.3 is 0 Å². The maximum atomic E-state index is 13.7. The monoisotopic (exact) mass is 424 g/mol. The van der Waals surface area contributed by atoms with Crippen molar-refractivity contribution in [2.75, 3.05) is 25.1 Å². The lowest BCUT2D eigenvalue weighted by Gasteiger charge is -2.30. The van der Waals surface area contributed by atoms with Gasteiger partial charge in [0.1, 0.15) is 11.4 Å². The highest BCUT2D eigenvalue weighted by Crippen LogP contribution is 2.41. The fraction of sp³-hybridized carbons (Fsp3) is 0.333.